The van der Waals surface area contributed by atoms with E-state index >= 15 is 0 Å². The highest BCUT2D eigenvalue weighted by molar-refractivity contribution is 5.96. The van der Waals surface area contributed by atoms with E-state index in [9.17, 15) is 14.4 Å². The summed E-state index contributed by atoms with van der Waals surface area (Å²) in [6.07, 6.45) is 7.14. The van der Waals surface area contributed by atoms with Gasteiger partial charge in [-0.1, -0.05) is 19.3 Å². The molecule has 3 amide bonds. The number of nitrogens with one attached hydrogen (secondary N) is 3. The molecule has 0 atom stereocenters. The Hall–Kier alpha value is -3.03. The number of amides is 3. The quantitative estimate of drug-likeness (QED) is 0.623. The molecule has 144 valence electrons. The number of aliphatic carboxylic acids is 1. The Morgan fingerprint density at radius 2 is 1.89 bits per heavy atom. The van der Waals surface area contributed by atoms with Crippen molar-refractivity contribution in [2.24, 2.45) is 0 Å². The molecule has 8 heteroatoms. The van der Waals surface area contributed by atoms with E-state index in [0.717, 1.165) is 36.6 Å². The third-order valence-electron chi connectivity index (χ3n) is 4.71. The molecule has 0 radical (unpaired) electrons. The summed E-state index contributed by atoms with van der Waals surface area (Å²) < 4.78 is 1.63. The molecule has 1 aromatic heterocycles. The number of urea groups is 1. The molecule has 1 fully saturated rings. The number of carboxylic acids is 1. The molecule has 3 rings (SSSR count). The van der Waals surface area contributed by atoms with Gasteiger partial charge >= 0.3 is 12.0 Å². The fourth-order valence-corrected chi connectivity index (χ4v) is 3.41. The van der Waals surface area contributed by atoms with Crippen LogP contribution in [0, 0.1) is 0 Å². The Kier molecular flexibility index (Phi) is 5.95. The summed E-state index contributed by atoms with van der Waals surface area (Å²) in [6, 6.07) is 6.91. The summed E-state index contributed by atoms with van der Waals surface area (Å²) in [5, 5.41) is 18.0. The number of carbonyl (C=O) groups excluding carboxylic acids is 2. The van der Waals surface area contributed by atoms with E-state index in [1.54, 1.807) is 35.0 Å². The van der Waals surface area contributed by atoms with Crippen molar-refractivity contribution in [1.82, 2.24) is 15.2 Å². The average Bonchev–Trinajstić information content (AvgIpc) is 3.02. The van der Waals surface area contributed by atoms with Crippen LogP contribution in [0.5, 0.6) is 0 Å². The zero-order valence-corrected chi connectivity index (χ0v) is 15.0. The predicted molar refractivity (Wildman–Crippen MR) is 102 cm³/mol. The van der Waals surface area contributed by atoms with Crippen molar-refractivity contribution < 1.29 is 19.5 Å². The fraction of sp³-hybridized carbons (Fsp3) is 0.421. The second kappa shape index (κ2) is 8.57. The highest BCUT2D eigenvalue weighted by atomic mass is 16.4. The van der Waals surface area contributed by atoms with Gasteiger partial charge in [0.05, 0.1) is 6.54 Å². The van der Waals surface area contributed by atoms with Gasteiger partial charge in [0.15, 0.2) is 0 Å². The minimum absolute atomic E-state index is 0.114. The molecule has 2 aromatic rings. The van der Waals surface area contributed by atoms with E-state index in [-0.39, 0.29) is 31.1 Å². The third kappa shape index (κ3) is 5.22. The number of carbonyl (C=O) groups is 3. The van der Waals surface area contributed by atoms with Gasteiger partial charge in [-0.05, 0) is 37.1 Å². The zero-order chi connectivity index (χ0) is 19.2. The molecular formula is C19H24N4O4. The standard InChI is InChI=1S/C19H24N4O4/c24-17(11-20-19(27)22-14-4-2-1-3-5-14)21-15-6-7-16-13(10-15)8-9-23(16)12-18(25)26/h6-10,14H,1-5,11-12H2,(H,21,24)(H,25,26)(H2,20,22,27). The lowest BCUT2D eigenvalue weighted by Gasteiger charge is -2.22. The molecule has 0 aliphatic heterocycles. The minimum Gasteiger partial charge on any atom is -0.480 e. The Labute approximate surface area is 156 Å². The van der Waals surface area contributed by atoms with E-state index in [4.69, 9.17) is 5.11 Å². The predicted octanol–water partition coefficient (Wildman–Crippen LogP) is 2.30. The molecule has 0 spiro atoms. The SMILES string of the molecule is O=C(O)Cn1ccc2cc(NC(=O)CNC(=O)NC3CCCCC3)ccc21. The van der Waals surface area contributed by atoms with Gasteiger partial charge in [0.2, 0.25) is 5.91 Å². The van der Waals surface area contributed by atoms with Gasteiger partial charge in [-0.25, -0.2) is 4.79 Å². The molecule has 4 N–H and O–H groups in total. The van der Waals surface area contributed by atoms with E-state index in [1.165, 1.54) is 6.42 Å². The molecular weight excluding hydrogens is 348 g/mol. The van der Waals surface area contributed by atoms with Crippen molar-refractivity contribution in [3.05, 3.63) is 30.5 Å². The number of hydrogen-bond acceptors (Lipinski definition) is 3. The van der Waals surface area contributed by atoms with E-state index in [2.05, 4.69) is 16.0 Å². The van der Waals surface area contributed by atoms with Crippen LogP contribution in [-0.2, 0) is 16.1 Å². The van der Waals surface area contributed by atoms with Crippen LogP contribution in [0.1, 0.15) is 32.1 Å². The fourth-order valence-electron chi connectivity index (χ4n) is 3.41. The number of rotatable bonds is 6. The Morgan fingerprint density at radius 3 is 2.63 bits per heavy atom. The van der Waals surface area contributed by atoms with Crippen LogP contribution in [-0.4, -0.2) is 40.2 Å². The topological polar surface area (TPSA) is 112 Å². The van der Waals surface area contributed by atoms with Crippen molar-refractivity contribution in [2.75, 3.05) is 11.9 Å². The second-order valence-corrected chi connectivity index (χ2v) is 6.82. The smallest absolute Gasteiger partial charge is 0.323 e. The van der Waals surface area contributed by atoms with Crippen LogP contribution < -0.4 is 16.0 Å². The maximum atomic E-state index is 12.1. The summed E-state index contributed by atoms with van der Waals surface area (Å²) in [5.74, 6) is -1.24. The maximum Gasteiger partial charge on any atom is 0.323 e. The lowest BCUT2D eigenvalue weighted by atomic mass is 9.96. The van der Waals surface area contributed by atoms with Crippen LogP contribution in [0.2, 0.25) is 0 Å². The summed E-state index contributed by atoms with van der Waals surface area (Å²) in [7, 11) is 0. The van der Waals surface area contributed by atoms with Gasteiger partial charge in [0.25, 0.3) is 0 Å². The van der Waals surface area contributed by atoms with E-state index in [0.29, 0.717) is 5.69 Å². The van der Waals surface area contributed by atoms with E-state index in [1.807, 2.05) is 0 Å². The maximum absolute atomic E-state index is 12.1. The first-order valence-electron chi connectivity index (χ1n) is 9.16. The van der Waals surface area contributed by atoms with Crippen LogP contribution in [0.25, 0.3) is 10.9 Å². The number of benzene rings is 1. The number of carboxylic acid groups (broad SMARTS) is 1. The Balaban J connectivity index is 1.50. The average molecular weight is 372 g/mol. The number of aromatic nitrogens is 1. The molecule has 0 unspecified atom stereocenters. The third-order valence-corrected chi connectivity index (χ3v) is 4.71. The first-order chi connectivity index (χ1) is 13.0. The zero-order valence-electron chi connectivity index (χ0n) is 15.0. The molecule has 1 aliphatic carbocycles. The second-order valence-electron chi connectivity index (χ2n) is 6.82. The largest absolute Gasteiger partial charge is 0.480 e. The monoisotopic (exact) mass is 372 g/mol. The molecule has 8 nitrogen and oxygen atoms in total. The van der Waals surface area contributed by atoms with Crippen molar-refractivity contribution in [3.63, 3.8) is 0 Å². The molecule has 0 saturated heterocycles. The van der Waals surface area contributed by atoms with Gasteiger partial charge < -0.3 is 25.6 Å². The number of hydrogen-bond donors (Lipinski definition) is 4. The summed E-state index contributed by atoms with van der Waals surface area (Å²) >= 11 is 0. The lowest BCUT2D eigenvalue weighted by molar-refractivity contribution is -0.137. The van der Waals surface area contributed by atoms with Gasteiger partial charge in [-0.2, -0.15) is 0 Å². The molecule has 1 aliphatic rings. The minimum atomic E-state index is -0.914. The number of anilines is 1. The summed E-state index contributed by atoms with van der Waals surface area (Å²) in [6.45, 7) is -0.230. The van der Waals surface area contributed by atoms with Crippen molar-refractivity contribution >= 4 is 34.5 Å². The van der Waals surface area contributed by atoms with Crippen molar-refractivity contribution in [1.29, 1.82) is 0 Å². The highest BCUT2D eigenvalue weighted by Crippen LogP contribution is 2.20. The Bertz CT molecular complexity index is 839. The first-order valence-corrected chi connectivity index (χ1v) is 9.16. The van der Waals surface area contributed by atoms with Crippen LogP contribution in [0.3, 0.4) is 0 Å². The van der Waals surface area contributed by atoms with Crippen LogP contribution in [0.15, 0.2) is 30.5 Å². The lowest BCUT2D eigenvalue weighted by Crippen LogP contribution is -2.45. The van der Waals surface area contributed by atoms with Gasteiger partial charge in [0.1, 0.15) is 6.54 Å². The van der Waals surface area contributed by atoms with Crippen molar-refractivity contribution in [3.8, 4) is 0 Å². The Morgan fingerprint density at radius 1 is 1.11 bits per heavy atom. The molecule has 1 saturated carbocycles. The first kappa shape index (κ1) is 18.8. The van der Waals surface area contributed by atoms with Gasteiger partial charge in [-0.3, -0.25) is 9.59 Å². The van der Waals surface area contributed by atoms with Crippen LogP contribution in [0.4, 0.5) is 10.5 Å². The molecule has 27 heavy (non-hydrogen) atoms. The normalized spacial score (nSPS) is 14.7. The highest BCUT2D eigenvalue weighted by Gasteiger charge is 2.16. The summed E-state index contributed by atoms with van der Waals surface area (Å²) in [5.41, 5.74) is 1.37. The van der Waals surface area contributed by atoms with E-state index < -0.39 is 5.97 Å². The van der Waals surface area contributed by atoms with Crippen LogP contribution >= 0.6 is 0 Å². The van der Waals surface area contributed by atoms with Gasteiger partial charge in [0, 0.05) is 28.8 Å². The van der Waals surface area contributed by atoms with Gasteiger partial charge in [-0.15, -0.1) is 0 Å². The summed E-state index contributed by atoms with van der Waals surface area (Å²) in [4.78, 5) is 34.8. The number of nitrogens with zero attached hydrogens (tertiary/aromatic N) is 1. The molecule has 0 bridgehead atoms. The molecule has 1 heterocycles. The number of fused-ring (bicyclic) bond motifs is 1. The van der Waals surface area contributed by atoms with Crippen molar-refractivity contribution in [2.45, 2.75) is 44.7 Å². The molecule has 1 aromatic carbocycles.